The molecule has 1 fully saturated rings. The van der Waals surface area contributed by atoms with Crippen LogP contribution in [0.1, 0.15) is 18.9 Å². The Hall–Kier alpha value is -3.40. The molecule has 31 heavy (non-hydrogen) atoms. The fraction of sp³-hybridized carbons (Fsp3) is 0.286. The van der Waals surface area contributed by atoms with Crippen LogP contribution in [0, 0.1) is 16.0 Å². The highest BCUT2D eigenvalue weighted by molar-refractivity contribution is 8.13. The first-order valence-electron chi connectivity index (χ1n) is 9.46. The second-order valence-electron chi connectivity index (χ2n) is 6.92. The standard InChI is InChI=1S/C21H20N2O7S/c1-13(30-21(26)29-12-14-7-9-15(10-8-14)23(27)28)19-17(22-20(19)25)11-18(24)31-16-5-3-2-4-6-16/h2-10,13,17,19H,11-12H2,1H3,(H,22,25)/t13-,17-,19-/m1/s1. The lowest BCUT2D eigenvalue weighted by molar-refractivity contribution is -0.384. The molecule has 1 aliphatic heterocycles. The first-order chi connectivity index (χ1) is 14.8. The van der Waals surface area contributed by atoms with Crippen LogP contribution in [0.5, 0.6) is 0 Å². The lowest BCUT2D eigenvalue weighted by atomic mass is 9.84. The maximum absolute atomic E-state index is 12.3. The summed E-state index contributed by atoms with van der Waals surface area (Å²) in [4.78, 5) is 47.1. The zero-order valence-corrected chi connectivity index (χ0v) is 17.4. The highest BCUT2D eigenvalue weighted by atomic mass is 32.2. The molecule has 2 aromatic carbocycles. The Balaban J connectivity index is 1.46. The zero-order chi connectivity index (χ0) is 22.4. The van der Waals surface area contributed by atoms with Crippen LogP contribution in [-0.2, 0) is 25.7 Å². The van der Waals surface area contributed by atoms with Crippen molar-refractivity contribution in [2.45, 2.75) is 37.0 Å². The van der Waals surface area contributed by atoms with Crippen LogP contribution in [0.2, 0.25) is 0 Å². The quantitative estimate of drug-likeness (QED) is 0.216. The van der Waals surface area contributed by atoms with E-state index in [1.807, 2.05) is 30.3 Å². The summed E-state index contributed by atoms with van der Waals surface area (Å²) in [6.07, 6.45) is -1.63. The minimum atomic E-state index is -0.964. The number of nitrogens with one attached hydrogen (secondary N) is 1. The second kappa shape index (κ2) is 10.1. The maximum Gasteiger partial charge on any atom is 0.508 e. The lowest BCUT2D eigenvalue weighted by Crippen LogP contribution is -2.62. The SMILES string of the molecule is C[C@@H](OC(=O)OCc1ccc([N+](=O)[O-])cc1)[C@H]1C(=O)N[C@@H]1CC(=O)Sc1ccccc1. The number of hydrogen-bond acceptors (Lipinski definition) is 8. The fourth-order valence-corrected chi connectivity index (χ4v) is 3.95. The van der Waals surface area contributed by atoms with Crippen molar-refractivity contribution >= 4 is 34.6 Å². The molecule has 10 heteroatoms. The van der Waals surface area contributed by atoms with Crippen LogP contribution in [-0.4, -0.2) is 34.2 Å². The van der Waals surface area contributed by atoms with Crippen molar-refractivity contribution in [3.8, 4) is 0 Å². The fourth-order valence-electron chi connectivity index (χ4n) is 3.13. The van der Waals surface area contributed by atoms with E-state index in [2.05, 4.69) is 5.32 Å². The average Bonchev–Trinajstić information content (AvgIpc) is 2.72. The Kier molecular flexibility index (Phi) is 7.24. The van der Waals surface area contributed by atoms with Crippen molar-refractivity contribution in [2.24, 2.45) is 5.92 Å². The summed E-state index contributed by atoms with van der Waals surface area (Å²) < 4.78 is 10.2. The van der Waals surface area contributed by atoms with Gasteiger partial charge in [-0.2, -0.15) is 0 Å². The summed E-state index contributed by atoms with van der Waals surface area (Å²) in [7, 11) is 0. The summed E-state index contributed by atoms with van der Waals surface area (Å²) >= 11 is 1.09. The largest absolute Gasteiger partial charge is 0.508 e. The maximum atomic E-state index is 12.3. The van der Waals surface area contributed by atoms with Gasteiger partial charge in [-0.05, 0) is 36.8 Å². The molecule has 0 spiro atoms. The number of nitro benzene ring substituents is 1. The summed E-state index contributed by atoms with van der Waals surface area (Å²) in [5, 5.41) is 13.2. The number of non-ortho nitro benzene ring substituents is 1. The van der Waals surface area contributed by atoms with Gasteiger partial charge in [0.1, 0.15) is 12.7 Å². The molecule has 0 radical (unpaired) electrons. The van der Waals surface area contributed by atoms with Crippen LogP contribution in [0.4, 0.5) is 10.5 Å². The molecule has 0 unspecified atom stereocenters. The minimum absolute atomic E-state index is 0.0676. The minimum Gasteiger partial charge on any atom is -0.430 e. The Labute approximate surface area is 182 Å². The van der Waals surface area contributed by atoms with Crippen LogP contribution < -0.4 is 5.32 Å². The highest BCUT2D eigenvalue weighted by Crippen LogP contribution is 2.28. The van der Waals surface area contributed by atoms with Gasteiger partial charge in [-0.1, -0.05) is 30.0 Å². The molecule has 1 saturated heterocycles. The zero-order valence-electron chi connectivity index (χ0n) is 16.6. The van der Waals surface area contributed by atoms with Crippen LogP contribution in [0.25, 0.3) is 0 Å². The highest BCUT2D eigenvalue weighted by Gasteiger charge is 2.45. The molecule has 1 heterocycles. The van der Waals surface area contributed by atoms with Crippen LogP contribution in [0.15, 0.2) is 59.5 Å². The predicted molar refractivity (Wildman–Crippen MR) is 111 cm³/mol. The van der Waals surface area contributed by atoms with E-state index in [1.165, 1.54) is 24.3 Å². The van der Waals surface area contributed by atoms with Gasteiger partial charge in [-0.15, -0.1) is 0 Å². The van der Waals surface area contributed by atoms with Gasteiger partial charge in [-0.25, -0.2) is 4.79 Å². The first-order valence-corrected chi connectivity index (χ1v) is 10.3. The molecule has 3 rings (SSSR count). The normalized spacial score (nSPS) is 18.3. The first kappa shape index (κ1) is 22.3. The molecule has 0 aromatic heterocycles. The van der Waals surface area contributed by atoms with Crippen molar-refractivity contribution < 1.29 is 28.8 Å². The van der Waals surface area contributed by atoms with Crippen molar-refractivity contribution in [3.63, 3.8) is 0 Å². The third kappa shape index (κ3) is 6.05. The molecule has 0 saturated carbocycles. The number of rotatable bonds is 8. The molecule has 1 N–H and O–H groups in total. The number of nitrogens with zero attached hydrogens (tertiary/aromatic N) is 1. The summed E-state index contributed by atoms with van der Waals surface area (Å²) in [5.41, 5.74) is 0.486. The lowest BCUT2D eigenvalue weighted by Gasteiger charge is -2.39. The number of thioether (sulfide) groups is 1. The monoisotopic (exact) mass is 444 g/mol. The van der Waals surface area contributed by atoms with E-state index in [-0.39, 0.29) is 29.7 Å². The van der Waals surface area contributed by atoms with E-state index in [9.17, 15) is 24.5 Å². The van der Waals surface area contributed by atoms with Gasteiger partial charge in [0, 0.05) is 23.4 Å². The van der Waals surface area contributed by atoms with E-state index >= 15 is 0 Å². The van der Waals surface area contributed by atoms with E-state index < -0.39 is 29.1 Å². The number of carbonyl (C=O) groups excluding carboxylic acids is 3. The molecule has 3 atom stereocenters. The van der Waals surface area contributed by atoms with Gasteiger partial charge < -0.3 is 14.8 Å². The number of ether oxygens (including phenoxy) is 2. The number of hydrogen-bond donors (Lipinski definition) is 1. The number of carbonyl (C=O) groups is 3. The third-order valence-corrected chi connectivity index (χ3v) is 5.62. The summed E-state index contributed by atoms with van der Waals surface area (Å²) in [5.74, 6) is -0.939. The number of β-lactam (4-membered cyclic amide) rings is 1. The van der Waals surface area contributed by atoms with Crippen molar-refractivity contribution in [2.75, 3.05) is 0 Å². The van der Waals surface area contributed by atoms with Gasteiger partial charge >= 0.3 is 6.16 Å². The summed E-state index contributed by atoms with van der Waals surface area (Å²) in [6.45, 7) is 1.44. The smallest absolute Gasteiger partial charge is 0.430 e. The average molecular weight is 444 g/mol. The number of benzene rings is 2. The van der Waals surface area contributed by atoms with Gasteiger partial charge in [0.25, 0.3) is 5.69 Å². The third-order valence-electron chi connectivity index (χ3n) is 4.72. The Morgan fingerprint density at radius 2 is 1.84 bits per heavy atom. The van der Waals surface area contributed by atoms with E-state index in [4.69, 9.17) is 9.47 Å². The molecular formula is C21H20N2O7S. The topological polar surface area (TPSA) is 125 Å². The second-order valence-corrected chi connectivity index (χ2v) is 8.05. The van der Waals surface area contributed by atoms with Crippen molar-refractivity contribution in [1.29, 1.82) is 0 Å². The van der Waals surface area contributed by atoms with Gasteiger partial charge in [0.15, 0.2) is 5.12 Å². The van der Waals surface area contributed by atoms with E-state index in [1.54, 1.807) is 6.92 Å². The molecule has 2 aromatic rings. The summed E-state index contributed by atoms with van der Waals surface area (Å²) in [6, 6.07) is 14.3. The van der Waals surface area contributed by atoms with E-state index in [0.717, 1.165) is 16.7 Å². The predicted octanol–water partition coefficient (Wildman–Crippen LogP) is 3.46. The Bertz CT molecular complexity index is 965. The number of nitro groups is 1. The van der Waals surface area contributed by atoms with Gasteiger partial charge in [-0.3, -0.25) is 19.7 Å². The van der Waals surface area contributed by atoms with Crippen molar-refractivity contribution in [3.05, 3.63) is 70.3 Å². The molecule has 1 aliphatic rings. The molecule has 9 nitrogen and oxygen atoms in total. The van der Waals surface area contributed by atoms with Crippen LogP contribution in [0.3, 0.4) is 0 Å². The Morgan fingerprint density at radius 3 is 2.45 bits per heavy atom. The van der Waals surface area contributed by atoms with E-state index in [0.29, 0.717) is 5.56 Å². The molecule has 162 valence electrons. The Morgan fingerprint density at radius 1 is 1.16 bits per heavy atom. The molecule has 1 amide bonds. The number of amides is 1. The molecule has 0 aliphatic carbocycles. The molecular weight excluding hydrogens is 424 g/mol. The van der Waals surface area contributed by atoms with Crippen molar-refractivity contribution in [1.82, 2.24) is 5.32 Å². The molecule has 0 bridgehead atoms. The van der Waals surface area contributed by atoms with Gasteiger partial charge in [0.2, 0.25) is 5.91 Å². The van der Waals surface area contributed by atoms with Crippen LogP contribution >= 0.6 is 11.8 Å². The van der Waals surface area contributed by atoms with Gasteiger partial charge in [0.05, 0.1) is 16.9 Å².